The van der Waals surface area contributed by atoms with E-state index in [1.165, 1.54) is 6.20 Å². The lowest BCUT2D eigenvalue weighted by molar-refractivity contribution is -0.146. The Morgan fingerprint density at radius 2 is 2.06 bits per heavy atom. The quantitative estimate of drug-likeness (QED) is 0.577. The van der Waals surface area contributed by atoms with Gasteiger partial charge in [0.1, 0.15) is 18.2 Å². The Hall–Kier alpha value is -2.84. The van der Waals surface area contributed by atoms with Crippen LogP contribution in [-0.4, -0.2) is 60.4 Å². The summed E-state index contributed by atoms with van der Waals surface area (Å²) in [6.07, 6.45) is 3.85. The van der Waals surface area contributed by atoms with E-state index in [0.29, 0.717) is 47.8 Å². The van der Waals surface area contributed by atoms with Crippen molar-refractivity contribution in [1.29, 1.82) is 0 Å². The summed E-state index contributed by atoms with van der Waals surface area (Å²) in [5.41, 5.74) is 8.01. The number of halogens is 1. The Balaban J connectivity index is 1.75. The second-order valence-electron chi connectivity index (χ2n) is 9.07. The molecule has 0 bridgehead atoms. The van der Waals surface area contributed by atoms with E-state index in [1.54, 1.807) is 11.0 Å². The molecular weight excluding hydrogens is 454 g/mol. The number of carbonyl (C=O) groups is 2. The molecule has 3 rings (SSSR count). The van der Waals surface area contributed by atoms with Gasteiger partial charge in [-0.3, -0.25) is 9.59 Å². The van der Waals surface area contributed by atoms with Crippen LogP contribution >= 0.6 is 11.6 Å². The molecule has 0 aliphatic carbocycles. The van der Waals surface area contributed by atoms with E-state index in [2.05, 4.69) is 17.2 Å². The van der Waals surface area contributed by atoms with Crippen molar-refractivity contribution in [2.75, 3.05) is 44.8 Å². The van der Waals surface area contributed by atoms with Gasteiger partial charge in [0, 0.05) is 13.1 Å². The van der Waals surface area contributed by atoms with Gasteiger partial charge in [0.15, 0.2) is 0 Å². The fraction of sp³-hybridized carbons (Fsp3) is 0.480. The topological polar surface area (TPSA) is 101 Å². The van der Waals surface area contributed by atoms with E-state index in [0.717, 1.165) is 30.5 Å². The Kier molecular flexibility index (Phi) is 8.74. The van der Waals surface area contributed by atoms with Crippen LogP contribution in [0.2, 0.25) is 5.02 Å². The van der Waals surface area contributed by atoms with E-state index >= 15 is 0 Å². The van der Waals surface area contributed by atoms with Crippen LogP contribution in [0.4, 0.5) is 11.5 Å². The van der Waals surface area contributed by atoms with Crippen LogP contribution in [0, 0.1) is 5.92 Å². The van der Waals surface area contributed by atoms with Gasteiger partial charge in [-0.15, -0.1) is 0 Å². The number of nitrogen functional groups attached to an aromatic ring is 1. The molecule has 1 aromatic heterocycles. The van der Waals surface area contributed by atoms with Crippen molar-refractivity contribution in [3.63, 3.8) is 0 Å². The molecule has 9 heteroatoms. The predicted octanol–water partition coefficient (Wildman–Crippen LogP) is 3.76. The highest BCUT2D eigenvalue weighted by atomic mass is 35.5. The summed E-state index contributed by atoms with van der Waals surface area (Å²) >= 11 is 6.49. The van der Waals surface area contributed by atoms with Gasteiger partial charge in [0.2, 0.25) is 0 Å². The zero-order valence-electron chi connectivity index (χ0n) is 20.3. The van der Waals surface area contributed by atoms with Crippen LogP contribution in [0.5, 0.6) is 5.75 Å². The molecule has 2 unspecified atom stereocenters. The van der Waals surface area contributed by atoms with Crippen molar-refractivity contribution in [2.24, 2.45) is 5.92 Å². The number of anilines is 2. The lowest BCUT2D eigenvalue weighted by Gasteiger charge is -2.38. The molecule has 0 radical (unpaired) electrons. The third kappa shape index (κ3) is 6.39. The van der Waals surface area contributed by atoms with Gasteiger partial charge in [-0.2, -0.15) is 0 Å². The summed E-state index contributed by atoms with van der Waals surface area (Å²) in [5, 5.41) is 3.17. The number of piperidine rings is 1. The fourth-order valence-corrected chi connectivity index (χ4v) is 4.33. The number of nitrogens with two attached hydrogens (primary N) is 1. The summed E-state index contributed by atoms with van der Waals surface area (Å²) in [6, 6.07) is 7.10. The van der Waals surface area contributed by atoms with E-state index in [-0.39, 0.29) is 6.04 Å². The van der Waals surface area contributed by atoms with E-state index in [9.17, 15) is 9.59 Å². The Morgan fingerprint density at radius 3 is 2.74 bits per heavy atom. The molecule has 0 spiro atoms. The molecule has 34 heavy (non-hydrogen) atoms. The zero-order valence-corrected chi connectivity index (χ0v) is 21.1. The standard InChI is InChI=1S/C25H34ClN5O3/c1-5-17-12-19(14-28-23(17)27)29-24(32)25(33)31-15-16(2)6-8-21(31)18-7-9-22(20(26)13-18)34-11-10-30(3)4/h7,9,12-14,16,21H,5-6,8,10-11,15H2,1-4H3,(H2,27,28)(H,29,32). The number of aryl methyl sites for hydroxylation is 1. The number of benzene rings is 1. The lowest BCUT2D eigenvalue weighted by Crippen LogP contribution is -2.46. The maximum Gasteiger partial charge on any atom is 0.313 e. The molecule has 2 amide bonds. The highest BCUT2D eigenvalue weighted by molar-refractivity contribution is 6.39. The first-order valence-corrected chi connectivity index (χ1v) is 12.0. The van der Waals surface area contributed by atoms with Crippen LogP contribution in [0.1, 0.15) is 43.9 Å². The van der Waals surface area contributed by atoms with Gasteiger partial charge in [-0.05, 0) is 68.6 Å². The summed E-state index contributed by atoms with van der Waals surface area (Å²) in [6.45, 7) is 5.83. The number of aromatic nitrogens is 1. The Morgan fingerprint density at radius 1 is 1.29 bits per heavy atom. The number of likely N-dealkylation sites (N-methyl/N-ethyl adjacent to an activating group) is 1. The Labute approximate surface area is 206 Å². The first-order chi connectivity index (χ1) is 16.2. The lowest BCUT2D eigenvalue weighted by atomic mass is 9.89. The summed E-state index contributed by atoms with van der Waals surface area (Å²) in [5.74, 6) is 0.0516. The normalized spacial score (nSPS) is 18.1. The second kappa shape index (κ2) is 11.5. The monoisotopic (exact) mass is 487 g/mol. The molecule has 1 fully saturated rings. The van der Waals surface area contributed by atoms with Crippen molar-refractivity contribution in [3.05, 3.63) is 46.6 Å². The summed E-state index contributed by atoms with van der Waals surface area (Å²) < 4.78 is 5.78. The van der Waals surface area contributed by atoms with Crippen LogP contribution in [0.15, 0.2) is 30.5 Å². The molecule has 3 N–H and O–H groups in total. The number of rotatable bonds is 7. The minimum Gasteiger partial charge on any atom is -0.491 e. The van der Waals surface area contributed by atoms with Gasteiger partial charge in [0.05, 0.1) is 22.9 Å². The molecule has 2 aromatic rings. The third-order valence-electron chi connectivity index (χ3n) is 6.05. The minimum atomic E-state index is -0.692. The van der Waals surface area contributed by atoms with Crippen molar-refractivity contribution >= 4 is 34.9 Å². The molecule has 1 aliphatic rings. The second-order valence-corrected chi connectivity index (χ2v) is 9.48. The molecule has 2 atom stereocenters. The summed E-state index contributed by atoms with van der Waals surface area (Å²) in [7, 11) is 3.96. The van der Waals surface area contributed by atoms with Crippen molar-refractivity contribution in [2.45, 2.75) is 39.2 Å². The van der Waals surface area contributed by atoms with Gasteiger partial charge < -0.3 is 25.6 Å². The molecular formula is C25H34ClN5O3. The van der Waals surface area contributed by atoms with Crippen molar-refractivity contribution in [3.8, 4) is 5.75 Å². The van der Waals surface area contributed by atoms with Crippen LogP contribution in [-0.2, 0) is 16.0 Å². The van der Waals surface area contributed by atoms with E-state index in [1.807, 2.05) is 44.1 Å². The predicted molar refractivity (Wildman–Crippen MR) is 135 cm³/mol. The fourth-order valence-electron chi connectivity index (χ4n) is 4.09. The van der Waals surface area contributed by atoms with Crippen LogP contribution < -0.4 is 15.8 Å². The number of nitrogens with zero attached hydrogens (tertiary/aromatic N) is 3. The largest absolute Gasteiger partial charge is 0.491 e. The van der Waals surface area contributed by atoms with Crippen molar-refractivity contribution in [1.82, 2.24) is 14.8 Å². The van der Waals surface area contributed by atoms with Crippen molar-refractivity contribution < 1.29 is 14.3 Å². The first-order valence-electron chi connectivity index (χ1n) is 11.6. The number of likely N-dealkylation sites (tertiary alicyclic amines) is 1. The number of amides is 2. The van der Waals surface area contributed by atoms with Crippen LogP contribution in [0.25, 0.3) is 0 Å². The zero-order chi connectivity index (χ0) is 24.8. The molecule has 2 heterocycles. The van der Waals surface area contributed by atoms with Gasteiger partial charge >= 0.3 is 11.8 Å². The number of nitrogens with one attached hydrogen (secondary N) is 1. The molecule has 0 saturated carbocycles. The molecule has 1 aromatic carbocycles. The minimum absolute atomic E-state index is 0.237. The molecule has 8 nitrogen and oxygen atoms in total. The van der Waals surface area contributed by atoms with E-state index < -0.39 is 11.8 Å². The number of hydrogen-bond acceptors (Lipinski definition) is 6. The highest BCUT2D eigenvalue weighted by Gasteiger charge is 2.34. The van der Waals surface area contributed by atoms with E-state index in [4.69, 9.17) is 22.1 Å². The summed E-state index contributed by atoms with van der Waals surface area (Å²) in [4.78, 5) is 33.9. The number of ether oxygens (including phenoxy) is 1. The number of hydrogen-bond donors (Lipinski definition) is 2. The molecule has 1 aliphatic heterocycles. The van der Waals surface area contributed by atoms with Gasteiger partial charge in [-0.25, -0.2) is 4.98 Å². The number of carbonyl (C=O) groups excluding carboxylic acids is 2. The first kappa shape index (κ1) is 25.8. The maximum absolute atomic E-state index is 13.2. The smallest absolute Gasteiger partial charge is 0.313 e. The third-order valence-corrected chi connectivity index (χ3v) is 6.34. The SMILES string of the molecule is CCc1cc(NC(=O)C(=O)N2CC(C)CCC2c2ccc(OCCN(C)C)c(Cl)c2)cnc1N. The van der Waals surface area contributed by atoms with Gasteiger partial charge in [0.25, 0.3) is 0 Å². The Bertz CT molecular complexity index is 1030. The number of pyridine rings is 1. The van der Waals surface area contributed by atoms with Crippen LogP contribution in [0.3, 0.4) is 0 Å². The average molecular weight is 488 g/mol. The van der Waals surface area contributed by atoms with Gasteiger partial charge in [-0.1, -0.05) is 31.5 Å². The molecule has 184 valence electrons. The maximum atomic E-state index is 13.2. The highest BCUT2D eigenvalue weighted by Crippen LogP contribution is 2.36. The molecule has 1 saturated heterocycles. The average Bonchev–Trinajstić information content (AvgIpc) is 2.80.